The number of thioether (sulfide) groups is 1. The highest BCUT2D eigenvalue weighted by Crippen LogP contribution is 2.36. The third-order valence-electron chi connectivity index (χ3n) is 4.05. The number of rotatable bonds is 3. The van der Waals surface area contributed by atoms with E-state index in [-0.39, 0.29) is 5.92 Å². The van der Waals surface area contributed by atoms with Crippen molar-refractivity contribution in [3.05, 3.63) is 11.7 Å². The van der Waals surface area contributed by atoms with Crippen LogP contribution in [0.5, 0.6) is 0 Å². The summed E-state index contributed by atoms with van der Waals surface area (Å²) in [6, 6.07) is 0. The van der Waals surface area contributed by atoms with Gasteiger partial charge in [0.05, 0.1) is 5.25 Å². The van der Waals surface area contributed by atoms with Crippen LogP contribution in [0.1, 0.15) is 61.9 Å². The first kappa shape index (κ1) is 13.2. The SMILES string of the molecule is O=C1CCCCC1Cc1nc(C2CCCCS2)no1. The zero-order chi connectivity index (χ0) is 13.1. The molecule has 104 valence electrons. The summed E-state index contributed by atoms with van der Waals surface area (Å²) in [5.41, 5.74) is 0. The molecule has 0 radical (unpaired) electrons. The zero-order valence-electron chi connectivity index (χ0n) is 11.1. The number of nitrogens with zero attached hydrogens (tertiary/aromatic N) is 2. The Balaban J connectivity index is 1.62. The lowest BCUT2D eigenvalue weighted by Crippen LogP contribution is -2.21. The van der Waals surface area contributed by atoms with Crippen molar-refractivity contribution < 1.29 is 9.32 Å². The Morgan fingerprint density at radius 3 is 2.89 bits per heavy atom. The molecule has 0 bridgehead atoms. The predicted molar refractivity (Wildman–Crippen MR) is 74.0 cm³/mol. The van der Waals surface area contributed by atoms with Crippen LogP contribution in [0.4, 0.5) is 0 Å². The Hall–Kier alpha value is -0.840. The average Bonchev–Trinajstić information content (AvgIpc) is 2.91. The molecule has 2 heterocycles. The fourth-order valence-electron chi connectivity index (χ4n) is 2.91. The number of Topliss-reactive ketones (excluding diaryl/α,β-unsaturated/α-hetero) is 1. The molecule has 0 aromatic carbocycles. The van der Waals surface area contributed by atoms with E-state index in [1.54, 1.807) is 0 Å². The lowest BCUT2D eigenvalue weighted by molar-refractivity contribution is -0.124. The first-order valence-electron chi connectivity index (χ1n) is 7.30. The van der Waals surface area contributed by atoms with E-state index in [1.807, 2.05) is 11.8 Å². The molecule has 2 fully saturated rings. The monoisotopic (exact) mass is 280 g/mol. The van der Waals surface area contributed by atoms with Gasteiger partial charge in [-0.05, 0) is 31.4 Å². The molecule has 1 aromatic heterocycles. The molecule has 0 N–H and O–H groups in total. The fraction of sp³-hybridized carbons (Fsp3) is 0.786. The van der Waals surface area contributed by atoms with Crippen molar-refractivity contribution >= 4 is 17.5 Å². The van der Waals surface area contributed by atoms with Crippen LogP contribution in [0.2, 0.25) is 0 Å². The van der Waals surface area contributed by atoms with Crippen molar-refractivity contribution in [1.82, 2.24) is 10.1 Å². The van der Waals surface area contributed by atoms with Gasteiger partial charge < -0.3 is 4.52 Å². The molecule has 1 aliphatic heterocycles. The van der Waals surface area contributed by atoms with Gasteiger partial charge in [0.15, 0.2) is 5.82 Å². The molecule has 1 saturated heterocycles. The molecule has 19 heavy (non-hydrogen) atoms. The van der Waals surface area contributed by atoms with Gasteiger partial charge >= 0.3 is 0 Å². The summed E-state index contributed by atoms with van der Waals surface area (Å²) in [4.78, 5) is 16.3. The maximum absolute atomic E-state index is 11.8. The minimum absolute atomic E-state index is 0.112. The minimum atomic E-state index is 0.112. The van der Waals surface area contributed by atoms with E-state index in [0.29, 0.717) is 23.3 Å². The number of hydrogen-bond acceptors (Lipinski definition) is 5. The van der Waals surface area contributed by atoms with Gasteiger partial charge in [-0.1, -0.05) is 18.0 Å². The van der Waals surface area contributed by atoms with Crippen LogP contribution in [0, 0.1) is 5.92 Å². The lowest BCUT2D eigenvalue weighted by Gasteiger charge is -2.18. The predicted octanol–water partition coefficient (Wildman–Crippen LogP) is 3.33. The maximum atomic E-state index is 11.8. The highest BCUT2D eigenvalue weighted by molar-refractivity contribution is 7.99. The Kier molecular flexibility index (Phi) is 4.21. The molecule has 1 aliphatic carbocycles. The third kappa shape index (κ3) is 3.19. The number of carbonyl (C=O) groups excluding carboxylic acids is 1. The summed E-state index contributed by atoms with van der Waals surface area (Å²) in [6.45, 7) is 0. The largest absolute Gasteiger partial charge is 0.339 e. The zero-order valence-corrected chi connectivity index (χ0v) is 12.0. The Labute approximate surface area is 117 Å². The normalized spacial score (nSPS) is 28.5. The average molecular weight is 280 g/mol. The molecule has 0 spiro atoms. The van der Waals surface area contributed by atoms with Crippen LogP contribution >= 0.6 is 11.8 Å². The molecule has 4 nitrogen and oxygen atoms in total. The second kappa shape index (κ2) is 6.07. The van der Waals surface area contributed by atoms with Gasteiger partial charge in [0.25, 0.3) is 0 Å². The minimum Gasteiger partial charge on any atom is -0.339 e. The first-order chi connectivity index (χ1) is 9.33. The molecule has 2 unspecified atom stereocenters. The van der Waals surface area contributed by atoms with E-state index >= 15 is 0 Å². The lowest BCUT2D eigenvalue weighted by atomic mass is 9.86. The summed E-state index contributed by atoms with van der Waals surface area (Å²) >= 11 is 1.92. The van der Waals surface area contributed by atoms with Crippen molar-refractivity contribution in [1.29, 1.82) is 0 Å². The van der Waals surface area contributed by atoms with E-state index in [0.717, 1.165) is 37.9 Å². The molecule has 1 saturated carbocycles. The molecular weight excluding hydrogens is 260 g/mol. The number of hydrogen-bond donors (Lipinski definition) is 0. The second-order valence-corrected chi connectivity index (χ2v) is 6.83. The second-order valence-electron chi connectivity index (χ2n) is 5.51. The smallest absolute Gasteiger partial charge is 0.227 e. The van der Waals surface area contributed by atoms with Crippen molar-refractivity contribution in [3.8, 4) is 0 Å². The number of ketones is 1. The summed E-state index contributed by atoms with van der Waals surface area (Å²) < 4.78 is 5.34. The number of carbonyl (C=O) groups is 1. The van der Waals surface area contributed by atoms with Crippen LogP contribution in [0.15, 0.2) is 4.52 Å². The summed E-state index contributed by atoms with van der Waals surface area (Å²) in [5.74, 6) is 3.17. The third-order valence-corrected chi connectivity index (χ3v) is 5.43. The first-order valence-corrected chi connectivity index (χ1v) is 8.34. The van der Waals surface area contributed by atoms with Crippen LogP contribution in [0.3, 0.4) is 0 Å². The summed E-state index contributed by atoms with van der Waals surface area (Å²) in [6.07, 6.45) is 8.23. The Morgan fingerprint density at radius 2 is 2.11 bits per heavy atom. The highest BCUT2D eigenvalue weighted by Gasteiger charge is 2.26. The van der Waals surface area contributed by atoms with Gasteiger partial charge in [0, 0.05) is 18.8 Å². The Morgan fingerprint density at radius 1 is 1.21 bits per heavy atom. The van der Waals surface area contributed by atoms with E-state index in [2.05, 4.69) is 10.1 Å². The molecule has 3 rings (SSSR count). The maximum Gasteiger partial charge on any atom is 0.227 e. The van der Waals surface area contributed by atoms with Crippen LogP contribution in [-0.2, 0) is 11.2 Å². The molecule has 0 amide bonds. The van der Waals surface area contributed by atoms with Crippen LogP contribution in [0.25, 0.3) is 0 Å². The molecular formula is C14H20N2O2S. The van der Waals surface area contributed by atoms with Gasteiger partial charge in [0.1, 0.15) is 5.78 Å². The van der Waals surface area contributed by atoms with Crippen molar-refractivity contribution in [2.24, 2.45) is 5.92 Å². The quantitative estimate of drug-likeness (QED) is 0.850. The van der Waals surface area contributed by atoms with Crippen molar-refractivity contribution in [2.75, 3.05) is 5.75 Å². The number of aromatic nitrogens is 2. The van der Waals surface area contributed by atoms with Gasteiger partial charge in [-0.15, -0.1) is 0 Å². The summed E-state index contributed by atoms with van der Waals surface area (Å²) in [7, 11) is 0. The van der Waals surface area contributed by atoms with E-state index in [1.165, 1.54) is 18.6 Å². The van der Waals surface area contributed by atoms with Gasteiger partial charge in [-0.2, -0.15) is 16.7 Å². The van der Waals surface area contributed by atoms with E-state index in [9.17, 15) is 4.79 Å². The molecule has 1 aromatic rings. The van der Waals surface area contributed by atoms with Crippen LogP contribution < -0.4 is 0 Å². The molecule has 2 atom stereocenters. The highest BCUT2D eigenvalue weighted by atomic mass is 32.2. The molecule has 5 heteroatoms. The fourth-order valence-corrected chi connectivity index (χ4v) is 4.14. The van der Waals surface area contributed by atoms with Crippen molar-refractivity contribution in [3.63, 3.8) is 0 Å². The van der Waals surface area contributed by atoms with E-state index in [4.69, 9.17) is 4.52 Å². The van der Waals surface area contributed by atoms with Crippen molar-refractivity contribution in [2.45, 2.75) is 56.6 Å². The van der Waals surface area contributed by atoms with Gasteiger partial charge in [0.2, 0.25) is 5.89 Å². The molecule has 2 aliphatic rings. The topological polar surface area (TPSA) is 56.0 Å². The van der Waals surface area contributed by atoms with Crippen LogP contribution in [-0.4, -0.2) is 21.7 Å². The van der Waals surface area contributed by atoms with Gasteiger partial charge in [-0.25, -0.2) is 0 Å². The van der Waals surface area contributed by atoms with Gasteiger partial charge in [-0.3, -0.25) is 4.79 Å². The Bertz CT molecular complexity index is 440. The summed E-state index contributed by atoms with van der Waals surface area (Å²) in [5, 5.41) is 4.51. The van der Waals surface area contributed by atoms with E-state index < -0.39 is 0 Å². The standard InChI is InChI=1S/C14H20N2O2S/c17-11-6-2-1-5-10(11)9-13-15-14(16-18-13)12-7-3-4-8-19-12/h10,12H,1-9H2.